The molecule has 0 atom stereocenters. The van der Waals surface area contributed by atoms with Crippen LogP contribution in [-0.4, -0.2) is 36.6 Å². The molecular weight excluding hydrogens is 386 g/mol. The molecule has 4 aliphatic rings. The van der Waals surface area contributed by atoms with Crippen LogP contribution >= 0.6 is 0 Å². The first kappa shape index (κ1) is 19.3. The largest absolute Gasteiger partial charge is 0.366 e. The molecule has 7 heteroatoms. The molecule has 3 aromatic heterocycles. The molecule has 1 aliphatic heterocycles. The minimum atomic E-state index is 0.127. The van der Waals surface area contributed by atoms with Gasteiger partial charge in [-0.3, -0.25) is 9.36 Å². The SMILES string of the molecule is Cc1cc(N2CCc3c(c(C)nn3CC34CCC(N)(CC3)CC4)C2)c2cnn(C)c2n1. The molecule has 0 radical (unpaired) electrons. The van der Waals surface area contributed by atoms with Gasteiger partial charge in [-0.05, 0) is 63.9 Å². The summed E-state index contributed by atoms with van der Waals surface area (Å²) in [5.41, 5.74) is 14.4. The Hall–Kier alpha value is -2.41. The predicted octanol–water partition coefficient (Wildman–Crippen LogP) is 3.40. The standard InChI is InChI=1S/C24H33N7/c1-16-12-21(18-13-26-29(3)22(18)27-16)30-11-4-20-19(14-30)17(2)28-31(20)15-23-5-8-24(25,9-6-23)10-7-23/h12-13H,4-11,14-15,25H2,1-3H3. The Morgan fingerprint density at radius 3 is 2.58 bits per heavy atom. The Labute approximate surface area is 183 Å². The number of nitrogens with two attached hydrogens (primary N) is 1. The molecule has 2 N–H and O–H groups in total. The number of hydrogen-bond donors (Lipinski definition) is 1. The highest BCUT2D eigenvalue weighted by atomic mass is 15.3. The molecular formula is C24H33N7. The molecule has 0 aromatic carbocycles. The van der Waals surface area contributed by atoms with E-state index in [0.29, 0.717) is 5.41 Å². The Kier molecular flexibility index (Phi) is 4.07. The van der Waals surface area contributed by atoms with E-state index < -0.39 is 0 Å². The van der Waals surface area contributed by atoms with Crippen LogP contribution in [-0.2, 0) is 26.6 Å². The summed E-state index contributed by atoms with van der Waals surface area (Å²) in [4.78, 5) is 7.18. The number of anilines is 1. The van der Waals surface area contributed by atoms with E-state index in [1.165, 1.54) is 61.2 Å². The van der Waals surface area contributed by atoms with Gasteiger partial charge in [-0.15, -0.1) is 0 Å². The average Bonchev–Trinajstić information content (AvgIpc) is 3.28. The highest BCUT2D eigenvalue weighted by Crippen LogP contribution is 2.52. The molecule has 7 rings (SSSR count). The van der Waals surface area contributed by atoms with Gasteiger partial charge in [-0.25, -0.2) is 4.98 Å². The summed E-state index contributed by atoms with van der Waals surface area (Å²) in [6.45, 7) is 7.23. The van der Waals surface area contributed by atoms with E-state index in [-0.39, 0.29) is 5.54 Å². The van der Waals surface area contributed by atoms with Gasteiger partial charge in [0, 0.05) is 55.6 Å². The normalized spacial score (nSPS) is 27.8. The van der Waals surface area contributed by atoms with Crippen LogP contribution in [0.4, 0.5) is 5.69 Å². The van der Waals surface area contributed by atoms with Crippen LogP contribution in [0.5, 0.6) is 0 Å². The second-order valence-electron chi connectivity index (χ2n) is 10.5. The highest BCUT2D eigenvalue weighted by molar-refractivity contribution is 5.89. The van der Waals surface area contributed by atoms with Crippen LogP contribution in [0.3, 0.4) is 0 Å². The highest BCUT2D eigenvalue weighted by Gasteiger charge is 2.47. The monoisotopic (exact) mass is 419 g/mol. The third-order valence-corrected chi connectivity index (χ3v) is 8.43. The van der Waals surface area contributed by atoms with E-state index >= 15 is 0 Å². The maximum absolute atomic E-state index is 6.55. The molecule has 0 spiro atoms. The Morgan fingerprint density at radius 2 is 1.84 bits per heavy atom. The van der Waals surface area contributed by atoms with Gasteiger partial charge in [-0.2, -0.15) is 10.2 Å². The Bertz CT molecular complexity index is 1150. The van der Waals surface area contributed by atoms with Gasteiger partial charge in [0.2, 0.25) is 0 Å². The van der Waals surface area contributed by atoms with Crippen molar-refractivity contribution in [3.8, 4) is 0 Å². The number of nitrogens with zero attached hydrogens (tertiary/aromatic N) is 6. The zero-order chi connectivity index (χ0) is 21.4. The number of rotatable bonds is 3. The molecule has 2 bridgehead atoms. The lowest BCUT2D eigenvalue weighted by atomic mass is 9.57. The first-order valence-electron chi connectivity index (χ1n) is 11.7. The summed E-state index contributed by atoms with van der Waals surface area (Å²) in [5, 5.41) is 10.6. The first-order valence-corrected chi connectivity index (χ1v) is 11.7. The lowest BCUT2D eigenvalue weighted by Crippen LogP contribution is -2.53. The summed E-state index contributed by atoms with van der Waals surface area (Å²) in [5.74, 6) is 0. The van der Waals surface area contributed by atoms with Crippen molar-refractivity contribution in [3.63, 3.8) is 0 Å². The van der Waals surface area contributed by atoms with E-state index in [2.05, 4.69) is 34.6 Å². The van der Waals surface area contributed by atoms with Crippen LogP contribution in [0.2, 0.25) is 0 Å². The van der Waals surface area contributed by atoms with Gasteiger partial charge < -0.3 is 10.6 Å². The van der Waals surface area contributed by atoms with Crippen molar-refractivity contribution in [2.24, 2.45) is 18.2 Å². The summed E-state index contributed by atoms with van der Waals surface area (Å²) < 4.78 is 4.24. The number of hydrogen-bond acceptors (Lipinski definition) is 5. The molecule has 3 fully saturated rings. The van der Waals surface area contributed by atoms with Crippen molar-refractivity contribution in [1.29, 1.82) is 0 Å². The van der Waals surface area contributed by atoms with Gasteiger partial charge in [0.25, 0.3) is 0 Å². The van der Waals surface area contributed by atoms with Gasteiger partial charge in [-0.1, -0.05) is 0 Å². The summed E-state index contributed by atoms with van der Waals surface area (Å²) in [7, 11) is 1.96. The van der Waals surface area contributed by atoms with Gasteiger partial charge in [0.15, 0.2) is 5.65 Å². The van der Waals surface area contributed by atoms with Crippen molar-refractivity contribution in [2.45, 2.75) is 77.4 Å². The summed E-state index contributed by atoms with van der Waals surface area (Å²) >= 11 is 0. The fraction of sp³-hybridized carbons (Fsp3) is 0.625. The quantitative estimate of drug-likeness (QED) is 0.704. The number of aromatic nitrogens is 5. The second-order valence-corrected chi connectivity index (χ2v) is 10.5. The topological polar surface area (TPSA) is 77.8 Å². The van der Waals surface area contributed by atoms with Crippen molar-refractivity contribution < 1.29 is 0 Å². The van der Waals surface area contributed by atoms with Gasteiger partial charge >= 0.3 is 0 Å². The minimum absolute atomic E-state index is 0.127. The van der Waals surface area contributed by atoms with Crippen molar-refractivity contribution >= 4 is 16.7 Å². The third kappa shape index (κ3) is 3.00. The number of fused-ring (bicyclic) bond motifs is 5. The third-order valence-electron chi connectivity index (χ3n) is 8.43. The Balaban J connectivity index is 1.30. The van der Waals surface area contributed by atoms with E-state index in [9.17, 15) is 0 Å². The van der Waals surface area contributed by atoms with E-state index in [0.717, 1.165) is 42.8 Å². The maximum atomic E-state index is 6.55. The molecule has 3 aromatic rings. The fourth-order valence-electron chi connectivity index (χ4n) is 6.33. The minimum Gasteiger partial charge on any atom is -0.366 e. The van der Waals surface area contributed by atoms with Crippen molar-refractivity contribution in [1.82, 2.24) is 24.5 Å². The second kappa shape index (κ2) is 6.55. The van der Waals surface area contributed by atoms with Crippen LogP contribution in [0.25, 0.3) is 11.0 Å². The van der Waals surface area contributed by atoms with Crippen molar-refractivity contribution in [3.05, 3.63) is 34.9 Å². The molecule has 3 saturated carbocycles. The lowest BCUT2D eigenvalue weighted by molar-refractivity contribution is 0.0263. The van der Waals surface area contributed by atoms with Gasteiger partial charge in [0.05, 0.1) is 23.0 Å². The zero-order valence-electron chi connectivity index (χ0n) is 19.0. The number of pyridine rings is 1. The molecule has 164 valence electrons. The molecule has 0 unspecified atom stereocenters. The summed E-state index contributed by atoms with van der Waals surface area (Å²) in [6, 6.07) is 2.21. The first-order chi connectivity index (χ1) is 14.8. The lowest BCUT2D eigenvalue weighted by Gasteiger charge is -2.52. The van der Waals surface area contributed by atoms with Crippen LogP contribution < -0.4 is 10.6 Å². The van der Waals surface area contributed by atoms with Crippen LogP contribution in [0.15, 0.2) is 12.3 Å². The molecule has 0 amide bonds. The van der Waals surface area contributed by atoms with E-state index in [1.807, 2.05) is 17.9 Å². The predicted molar refractivity (Wildman–Crippen MR) is 122 cm³/mol. The van der Waals surface area contributed by atoms with Crippen LogP contribution in [0, 0.1) is 19.3 Å². The average molecular weight is 420 g/mol. The fourth-order valence-corrected chi connectivity index (χ4v) is 6.33. The summed E-state index contributed by atoms with van der Waals surface area (Å²) in [6.07, 6.45) is 10.3. The Morgan fingerprint density at radius 1 is 1.10 bits per heavy atom. The molecule has 3 aliphatic carbocycles. The van der Waals surface area contributed by atoms with E-state index in [4.69, 9.17) is 15.8 Å². The molecule has 31 heavy (non-hydrogen) atoms. The number of aryl methyl sites for hydroxylation is 3. The van der Waals surface area contributed by atoms with Crippen molar-refractivity contribution in [2.75, 3.05) is 11.4 Å². The molecule has 0 saturated heterocycles. The van der Waals surface area contributed by atoms with Gasteiger partial charge in [0.1, 0.15) is 0 Å². The molecule has 7 nitrogen and oxygen atoms in total. The maximum Gasteiger partial charge on any atom is 0.159 e. The van der Waals surface area contributed by atoms with E-state index in [1.54, 1.807) is 0 Å². The van der Waals surface area contributed by atoms with Crippen LogP contribution in [0.1, 0.15) is 61.2 Å². The smallest absolute Gasteiger partial charge is 0.159 e. The molecule has 4 heterocycles. The zero-order valence-corrected chi connectivity index (χ0v) is 19.0.